The van der Waals surface area contributed by atoms with Crippen LogP contribution < -0.4 is 5.32 Å². The second kappa shape index (κ2) is 6.92. The Morgan fingerprint density at radius 1 is 1.10 bits per heavy atom. The summed E-state index contributed by atoms with van der Waals surface area (Å²) in [5, 5.41) is 3.58. The Kier molecular flexibility index (Phi) is 4.97. The molecule has 0 atom stereocenters. The second-order valence-corrected chi connectivity index (χ2v) is 4.98. The van der Waals surface area contributed by atoms with Crippen molar-refractivity contribution >= 4 is 23.6 Å². The van der Waals surface area contributed by atoms with Gasteiger partial charge in [-0.3, -0.25) is 4.79 Å². The largest absolute Gasteiger partial charge is 0.348 e. The molecule has 2 aromatic rings. The quantitative estimate of drug-likeness (QED) is 0.843. The van der Waals surface area contributed by atoms with Crippen LogP contribution >= 0.6 is 11.6 Å². The first-order chi connectivity index (χ1) is 9.65. The highest BCUT2D eigenvalue weighted by atomic mass is 35.5. The molecular formula is C17H16ClNO. The molecule has 0 fully saturated rings. The summed E-state index contributed by atoms with van der Waals surface area (Å²) < 4.78 is 0. The summed E-state index contributed by atoms with van der Waals surface area (Å²) in [7, 11) is 0. The van der Waals surface area contributed by atoms with E-state index < -0.39 is 0 Å². The van der Waals surface area contributed by atoms with E-state index >= 15 is 0 Å². The van der Waals surface area contributed by atoms with E-state index in [0.29, 0.717) is 17.1 Å². The van der Waals surface area contributed by atoms with Gasteiger partial charge in [-0.15, -0.1) is 0 Å². The number of rotatable bonds is 4. The number of amides is 1. The van der Waals surface area contributed by atoms with Crippen LogP contribution in [0.4, 0.5) is 0 Å². The lowest BCUT2D eigenvalue weighted by Crippen LogP contribution is -2.23. The summed E-state index contributed by atoms with van der Waals surface area (Å²) in [6.07, 6.45) is 1.87. The predicted octanol–water partition coefficient (Wildman–Crippen LogP) is 4.06. The van der Waals surface area contributed by atoms with Crippen molar-refractivity contribution in [2.45, 2.75) is 13.5 Å². The van der Waals surface area contributed by atoms with Crippen molar-refractivity contribution in [3.05, 3.63) is 76.3 Å². The van der Waals surface area contributed by atoms with Gasteiger partial charge in [-0.05, 0) is 36.3 Å². The highest BCUT2D eigenvalue weighted by Gasteiger charge is 2.03. The van der Waals surface area contributed by atoms with Crippen molar-refractivity contribution in [1.82, 2.24) is 5.32 Å². The van der Waals surface area contributed by atoms with Gasteiger partial charge in [0.15, 0.2) is 0 Å². The van der Waals surface area contributed by atoms with Gasteiger partial charge >= 0.3 is 0 Å². The van der Waals surface area contributed by atoms with Gasteiger partial charge in [0, 0.05) is 17.1 Å². The number of halogens is 1. The van der Waals surface area contributed by atoms with E-state index in [0.717, 1.165) is 11.1 Å². The van der Waals surface area contributed by atoms with Crippen molar-refractivity contribution in [3.63, 3.8) is 0 Å². The van der Waals surface area contributed by atoms with E-state index in [9.17, 15) is 4.79 Å². The average molecular weight is 286 g/mol. The summed E-state index contributed by atoms with van der Waals surface area (Å²) >= 11 is 5.82. The highest BCUT2D eigenvalue weighted by molar-refractivity contribution is 6.30. The van der Waals surface area contributed by atoms with Gasteiger partial charge in [0.25, 0.3) is 0 Å². The van der Waals surface area contributed by atoms with E-state index in [-0.39, 0.29) is 5.91 Å². The number of carbonyl (C=O) groups excluding carboxylic acids is 1. The van der Waals surface area contributed by atoms with E-state index in [2.05, 4.69) is 5.32 Å². The molecule has 1 N–H and O–H groups in total. The lowest BCUT2D eigenvalue weighted by molar-refractivity contribution is -0.117. The molecule has 0 aliphatic rings. The van der Waals surface area contributed by atoms with E-state index in [1.807, 2.05) is 67.6 Å². The molecule has 0 aliphatic carbocycles. The lowest BCUT2D eigenvalue weighted by Gasteiger charge is -2.06. The number of nitrogens with one attached hydrogen (secondary N) is 1. The monoisotopic (exact) mass is 285 g/mol. The fraction of sp³-hybridized carbons (Fsp3) is 0.118. The van der Waals surface area contributed by atoms with Crippen LogP contribution in [-0.4, -0.2) is 5.91 Å². The fourth-order valence-corrected chi connectivity index (χ4v) is 1.91. The zero-order chi connectivity index (χ0) is 14.4. The zero-order valence-corrected chi connectivity index (χ0v) is 12.0. The summed E-state index contributed by atoms with van der Waals surface area (Å²) in [5.41, 5.74) is 2.73. The average Bonchev–Trinajstić information content (AvgIpc) is 2.47. The molecule has 0 heterocycles. The van der Waals surface area contributed by atoms with Gasteiger partial charge in [0.1, 0.15) is 0 Å². The predicted molar refractivity (Wildman–Crippen MR) is 83.4 cm³/mol. The summed E-state index contributed by atoms with van der Waals surface area (Å²) in [5.74, 6) is -0.0659. The van der Waals surface area contributed by atoms with Gasteiger partial charge < -0.3 is 5.32 Å². The fourth-order valence-electron chi connectivity index (χ4n) is 1.79. The lowest BCUT2D eigenvalue weighted by atomic mass is 10.1. The first-order valence-electron chi connectivity index (χ1n) is 6.41. The van der Waals surface area contributed by atoms with Crippen molar-refractivity contribution in [3.8, 4) is 0 Å². The Hall–Kier alpha value is -2.06. The first-order valence-corrected chi connectivity index (χ1v) is 6.79. The highest BCUT2D eigenvalue weighted by Crippen LogP contribution is 2.10. The molecule has 0 unspecified atom stereocenters. The smallest absolute Gasteiger partial charge is 0.247 e. The summed E-state index contributed by atoms with van der Waals surface area (Å²) in [4.78, 5) is 12.0. The third kappa shape index (κ3) is 4.25. The molecule has 0 radical (unpaired) electrons. The minimum atomic E-state index is -0.0659. The number of hydrogen-bond donors (Lipinski definition) is 1. The molecule has 0 aliphatic heterocycles. The van der Waals surface area contributed by atoms with Crippen molar-refractivity contribution in [2.24, 2.45) is 0 Å². The maximum Gasteiger partial charge on any atom is 0.247 e. The Labute approximate surface area is 124 Å². The normalized spacial score (nSPS) is 11.2. The van der Waals surface area contributed by atoms with Crippen LogP contribution in [0.5, 0.6) is 0 Å². The molecule has 2 nitrogen and oxygen atoms in total. The molecule has 3 heteroatoms. The molecular weight excluding hydrogens is 270 g/mol. The van der Waals surface area contributed by atoms with Crippen LogP contribution in [0.3, 0.4) is 0 Å². The molecule has 102 valence electrons. The SMILES string of the molecule is C/C(=C\c1ccccc1)C(=O)NCc1ccc(Cl)cc1. The summed E-state index contributed by atoms with van der Waals surface area (Å²) in [6.45, 7) is 2.31. The molecule has 0 aromatic heterocycles. The summed E-state index contributed by atoms with van der Waals surface area (Å²) in [6, 6.07) is 17.2. The van der Waals surface area contributed by atoms with E-state index in [4.69, 9.17) is 11.6 Å². The molecule has 0 saturated heterocycles. The Balaban J connectivity index is 1.94. The standard InChI is InChI=1S/C17H16ClNO/c1-13(11-14-5-3-2-4-6-14)17(20)19-12-15-7-9-16(18)10-8-15/h2-11H,12H2,1H3,(H,19,20)/b13-11+. The molecule has 0 bridgehead atoms. The maximum atomic E-state index is 12.0. The Morgan fingerprint density at radius 3 is 2.40 bits per heavy atom. The van der Waals surface area contributed by atoms with Gasteiger partial charge in [-0.2, -0.15) is 0 Å². The number of carbonyl (C=O) groups is 1. The van der Waals surface area contributed by atoms with Crippen LogP contribution in [0.25, 0.3) is 6.08 Å². The number of benzene rings is 2. The molecule has 1 amide bonds. The first kappa shape index (κ1) is 14.4. The van der Waals surface area contributed by atoms with Gasteiger partial charge in [0.05, 0.1) is 0 Å². The van der Waals surface area contributed by atoms with Crippen LogP contribution in [0.1, 0.15) is 18.1 Å². The zero-order valence-electron chi connectivity index (χ0n) is 11.3. The minimum Gasteiger partial charge on any atom is -0.348 e. The molecule has 20 heavy (non-hydrogen) atoms. The van der Waals surface area contributed by atoms with Crippen molar-refractivity contribution in [2.75, 3.05) is 0 Å². The van der Waals surface area contributed by atoms with Gasteiger partial charge in [0.2, 0.25) is 5.91 Å². The second-order valence-electron chi connectivity index (χ2n) is 4.55. The maximum absolute atomic E-state index is 12.0. The third-order valence-electron chi connectivity index (χ3n) is 2.91. The van der Waals surface area contributed by atoms with Crippen molar-refractivity contribution < 1.29 is 4.79 Å². The van der Waals surface area contributed by atoms with Gasteiger partial charge in [-0.1, -0.05) is 54.1 Å². The van der Waals surface area contributed by atoms with E-state index in [1.165, 1.54) is 0 Å². The van der Waals surface area contributed by atoms with E-state index in [1.54, 1.807) is 0 Å². The Bertz CT molecular complexity index is 603. The molecule has 0 spiro atoms. The van der Waals surface area contributed by atoms with Crippen LogP contribution in [0.2, 0.25) is 5.02 Å². The number of hydrogen-bond acceptors (Lipinski definition) is 1. The topological polar surface area (TPSA) is 29.1 Å². The van der Waals surface area contributed by atoms with Crippen LogP contribution in [0, 0.1) is 0 Å². The molecule has 2 aromatic carbocycles. The molecule has 0 saturated carbocycles. The van der Waals surface area contributed by atoms with Crippen molar-refractivity contribution in [1.29, 1.82) is 0 Å². The molecule has 2 rings (SSSR count). The third-order valence-corrected chi connectivity index (χ3v) is 3.16. The van der Waals surface area contributed by atoms with Crippen LogP contribution in [0.15, 0.2) is 60.2 Å². The van der Waals surface area contributed by atoms with Crippen LogP contribution in [-0.2, 0) is 11.3 Å². The van der Waals surface area contributed by atoms with Gasteiger partial charge in [-0.25, -0.2) is 0 Å². The Morgan fingerprint density at radius 2 is 1.75 bits per heavy atom. The minimum absolute atomic E-state index is 0.0659.